The van der Waals surface area contributed by atoms with Gasteiger partial charge in [0.05, 0.1) is 10.7 Å². The van der Waals surface area contributed by atoms with Gasteiger partial charge in [-0.2, -0.15) is 0 Å². The van der Waals surface area contributed by atoms with Crippen molar-refractivity contribution in [3.05, 3.63) is 17.2 Å². The summed E-state index contributed by atoms with van der Waals surface area (Å²) in [5.74, 6) is 1.27. The average molecular weight is 276 g/mol. The van der Waals surface area contributed by atoms with Crippen LogP contribution in [0.2, 0.25) is 5.02 Å². The third kappa shape index (κ3) is 2.96. The Morgan fingerprint density at radius 2 is 1.94 bits per heavy atom. The Morgan fingerprint density at radius 1 is 1.29 bits per heavy atom. The van der Waals surface area contributed by atoms with Crippen molar-refractivity contribution < 1.29 is 14.3 Å². The summed E-state index contributed by atoms with van der Waals surface area (Å²) in [4.78, 5) is 11.4. The minimum Gasteiger partial charge on any atom is -0.486 e. The highest BCUT2D eigenvalue weighted by Gasteiger charge is 2.16. The lowest BCUT2D eigenvalue weighted by Crippen LogP contribution is -2.16. The van der Waals surface area contributed by atoms with Gasteiger partial charge in [0.25, 0.3) is 0 Å². The van der Waals surface area contributed by atoms with Gasteiger partial charge in [0.2, 0.25) is 5.91 Å². The van der Waals surface area contributed by atoms with Gasteiger partial charge in [-0.05, 0) is 0 Å². The lowest BCUT2D eigenvalue weighted by molar-refractivity contribution is -0.115. The molecule has 1 aromatic rings. The molecule has 0 unspecified atom stereocenters. The number of alkyl halides is 1. The monoisotopic (exact) mass is 275 g/mol. The largest absolute Gasteiger partial charge is 0.486 e. The molecular weight excluding hydrogens is 265 g/mol. The van der Waals surface area contributed by atoms with Crippen molar-refractivity contribution in [1.82, 2.24) is 0 Å². The summed E-state index contributed by atoms with van der Waals surface area (Å²) in [6, 6.07) is 3.29. The van der Waals surface area contributed by atoms with E-state index in [-0.39, 0.29) is 18.2 Å². The molecule has 1 aromatic carbocycles. The van der Waals surface area contributed by atoms with Crippen molar-refractivity contribution in [3.8, 4) is 11.5 Å². The number of halogens is 2. The summed E-state index contributed by atoms with van der Waals surface area (Å²) < 4.78 is 10.8. The Labute approximate surface area is 109 Å². The number of rotatable bonds is 3. The lowest BCUT2D eigenvalue weighted by atomic mass is 10.2. The molecule has 0 fully saturated rings. The first-order valence-electron chi connectivity index (χ1n) is 5.15. The van der Waals surface area contributed by atoms with Crippen molar-refractivity contribution in [3.63, 3.8) is 0 Å². The van der Waals surface area contributed by atoms with Gasteiger partial charge in [0.15, 0.2) is 11.5 Å². The van der Waals surface area contributed by atoms with Gasteiger partial charge in [-0.15, -0.1) is 11.6 Å². The fourth-order valence-electron chi connectivity index (χ4n) is 1.46. The summed E-state index contributed by atoms with van der Waals surface area (Å²) in [6.45, 7) is 0.991. The topological polar surface area (TPSA) is 47.6 Å². The van der Waals surface area contributed by atoms with Crippen LogP contribution >= 0.6 is 23.2 Å². The second kappa shape index (κ2) is 5.47. The molecule has 0 spiro atoms. The first kappa shape index (κ1) is 12.3. The maximum absolute atomic E-state index is 11.4. The first-order chi connectivity index (χ1) is 8.20. The smallest absolute Gasteiger partial charge is 0.225 e. The zero-order chi connectivity index (χ0) is 12.3. The molecule has 1 heterocycles. The third-order valence-electron chi connectivity index (χ3n) is 2.23. The second-order valence-electron chi connectivity index (χ2n) is 3.46. The average Bonchev–Trinajstić information content (AvgIpc) is 2.30. The van der Waals surface area contributed by atoms with E-state index in [1.54, 1.807) is 12.1 Å². The molecule has 1 N–H and O–H groups in total. The standard InChI is InChI=1S/C11H11Cl2NO3/c12-2-1-11(15)14-8-6-10-9(5-7(8)13)16-3-4-17-10/h5-6H,1-4H2,(H,14,15). The van der Waals surface area contributed by atoms with E-state index in [1.165, 1.54) is 0 Å². The summed E-state index contributed by atoms with van der Waals surface area (Å²) in [5.41, 5.74) is 0.506. The Bertz CT molecular complexity index is 437. The van der Waals surface area contributed by atoms with E-state index in [2.05, 4.69) is 5.32 Å². The van der Waals surface area contributed by atoms with E-state index >= 15 is 0 Å². The van der Waals surface area contributed by atoms with Gasteiger partial charge >= 0.3 is 0 Å². The number of amides is 1. The fraction of sp³-hybridized carbons (Fsp3) is 0.364. The number of carbonyl (C=O) groups is 1. The molecule has 0 saturated heterocycles. The van der Waals surface area contributed by atoms with Crippen molar-refractivity contribution in [2.24, 2.45) is 0 Å². The van der Waals surface area contributed by atoms with Crippen molar-refractivity contribution >= 4 is 34.8 Å². The van der Waals surface area contributed by atoms with Crippen LogP contribution in [-0.2, 0) is 4.79 Å². The first-order valence-corrected chi connectivity index (χ1v) is 6.07. The van der Waals surface area contributed by atoms with Gasteiger partial charge in [0, 0.05) is 24.4 Å². The lowest BCUT2D eigenvalue weighted by Gasteiger charge is -2.19. The van der Waals surface area contributed by atoms with Crippen molar-refractivity contribution in [1.29, 1.82) is 0 Å². The van der Waals surface area contributed by atoms with Crippen LogP contribution in [0.5, 0.6) is 11.5 Å². The normalized spacial score (nSPS) is 13.3. The van der Waals surface area contributed by atoms with Crippen LogP contribution in [0.3, 0.4) is 0 Å². The molecule has 0 atom stereocenters. The van der Waals surface area contributed by atoms with Gasteiger partial charge in [0.1, 0.15) is 13.2 Å². The molecule has 4 nitrogen and oxygen atoms in total. The summed E-state index contributed by atoms with van der Waals surface area (Å²) >= 11 is 11.5. The second-order valence-corrected chi connectivity index (χ2v) is 4.25. The summed E-state index contributed by atoms with van der Waals surface area (Å²) in [6.07, 6.45) is 0.242. The molecule has 1 aliphatic rings. The van der Waals surface area contributed by atoms with Crippen LogP contribution in [-0.4, -0.2) is 25.0 Å². The SMILES string of the molecule is O=C(CCCl)Nc1cc2c(cc1Cl)OCCO2. The van der Waals surface area contributed by atoms with E-state index in [0.29, 0.717) is 35.4 Å². The van der Waals surface area contributed by atoms with E-state index in [9.17, 15) is 4.79 Å². The molecule has 1 amide bonds. The maximum atomic E-state index is 11.4. The van der Waals surface area contributed by atoms with Crippen LogP contribution in [0, 0.1) is 0 Å². The molecule has 0 aromatic heterocycles. The number of hydrogen-bond acceptors (Lipinski definition) is 3. The molecule has 17 heavy (non-hydrogen) atoms. The Hall–Kier alpha value is -1.13. The third-order valence-corrected chi connectivity index (χ3v) is 2.73. The quantitative estimate of drug-likeness (QED) is 0.863. The zero-order valence-electron chi connectivity index (χ0n) is 8.96. The predicted octanol–water partition coefficient (Wildman–Crippen LogP) is 2.68. The molecular formula is C11H11Cl2NO3. The van der Waals surface area contributed by atoms with Crippen LogP contribution in [0.25, 0.3) is 0 Å². The number of fused-ring (bicyclic) bond motifs is 1. The minimum absolute atomic E-state index is 0.182. The highest BCUT2D eigenvalue weighted by molar-refractivity contribution is 6.34. The summed E-state index contributed by atoms with van der Waals surface area (Å²) in [7, 11) is 0. The Morgan fingerprint density at radius 3 is 2.59 bits per heavy atom. The molecule has 0 aliphatic carbocycles. The summed E-state index contributed by atoms with van der Waals surface area (Å²) in [5, 5.41) is 3.08. The Kier molecular flexibility index (Phi) is 3.97. The van der Waals surface area contributed by atoms with Crippen LogP contribution in [0.1, 0.15) is 6.42 Å². The van der Waals surface area contributed by atoms with Crippen LogP contribution in [0.4, 0.5) is 5.69 Å². The van der Waals surface area contributed by atoms with E-state index < -0.39 is 0 Å². The van der Waals surface area contributed by atoms with E-state index in [0.717, 1.165) is 0 Å². The number of ether oxygens (including phenoxy) is 2. The molecule has 6 heteroatoms. The Balaban J connectivity index is 2.19. The van der Waals surface area contributed by atoms with Gasteiger partial charge in [-0.3, -0.25) is 4.79 Å². The van der Waals surface area contributed by atoms with Crippen molar-refractivity contribution in [2.45, 2.75) is 6.42 Å². The number of benzene rings is 1. The molecule has 92 valence electrons. The number of anilines is 1. The highest BCUT2D eigenvalue weighted by Crippen LogP contribution is 2.37. The highest BCUT2D eigenvalue weighted by atomic mass is 35.5. The number of hydrogen-bond donors (Lipinski definition) is 1. The van der Waals surface area contributed by atoms with E-state index in [1.807, 2.05) is 0 Å². The fourth-order valence-corrected chi connectivity index (χ4v) is 1.83. The van der Waals surface area contributed by atoms with E-state index in [4.69, 9.17) is 32.7 Å². The molecule has 0 saturated carbocycles. The van der Waals surface area contributed by atoms with Gasteiger partial charge < -0.3 is 14.8 Å². The van der Waals surface area contributed by atoms with Crippen LogP contribution < -0.4 is 14.8 Å². The number of carbonyl (C=O) groups excluding carboxylic acids is 1. The molecule has 0 radical (unpaired) electrons. The molecule has 1 aliphatic heterocycles. The zero-order valence-corrected chi connectivity index (χ0v) is 10.5. The minimum atomic E-state index is -0.182. The maximum Gasteiger partial charge on any atom is 0.225 e. The van der Waals surface area contributed by atoms with Gasteiger partial charge in [-0.1, -0.05) is 11.6 Å². The predicted molar refractivity (Wildman–Crippen MR) is 66.4 cm³/mol. The van der Waals surface area contributed by atoms with Gasteiger partial charge in [-0.25, -0.2) is 0 Å². The molecule has 0 bridgehead atoms. The van der Waals surface area contributed by atoms with Crippen LogP contribution in [0.15, 0.2) is 12.1 Å². The van der Waals surface area contributed by atoms with Crippen molar-refractivity contribution in [2.75, 3.05) is 24.4 Å². The number of nitrogens with one attached hydrogen (secondary N) is 1. The molecule has 2 rings (SSSR count).